The second-order valence-corrected chi connectivity index (χ2v) is 12.3. The Balaban J connectivity index is 0.00000442. The van der Waals surface area contributed by atoms with Gasteiger partial charge in [0.15, 0.2) is 11.5 Å². The molecule has 2 amide bonds. The second-order valence-electron chi connectivity index (χ2n) is 12.3. The van der Waals surface area contributed by atoms with E-state index in [0.29, 0.717) is 55.5 Å². The number of piperidine rings is 1. The summed E-state index contributed by atoms with van der Waals surface area (Å²) in [7, 11) is 3.21. The van der Waals surface area contributed by atoms with E-state index < -0.39 is 17.7 Å². The van der Waals surface area contributed by atoms with Gasteiger partial charge in [0.05, 0.1) is 20.3 Å². The van der Waals surface area contributed by atoms with Crippen LogP contribution in [0.1, 0.15) is 70.3 Å². The number of carbonyl (C=O) groups excluding carboxylic acids is 2. The maximum absolute atomic E-state index is 13.9. The van der Waals surface area contributed by atoms with Crippen LogP contribution in [-0.4, -0.2) is 78.3 Å². The largest absolute Gasteiger partial charge is 0.497 e. The summed E-state index contributed by atoms with van der Waals surface area (Å²) in [5.74, 6) is 2.48. The molecule has 2 saturated heterocycles. The fourth-order valence-corrected chi connectivity index (χ4v) is 6.94. The first-order valence-electron chi connectivity index (χ1n) is 15.9. The first kappa shape index (κ1) is 33.9. The molecule has 2 aliphatic heterocycles. The van der Waals surface area contributed by atoms with Gasteiger partial charge in [-0.2, -0.15) is 0 Å². The van der Waals surface area contributed by atoms with Crippen molar-refractivity contribution in [1.82, 2.24) is 15.1 Å². The first-order chi connectivity index (χ1) is 20.9. The molecule has 1 spiro atoms. The topological polar surface area (TPSA) is 101 Å². The number of piperazine rings is 1. The van der Waals surface area contributed by atoms with Crippen LogP contribution < -0.4 is 19.5 Å². The maximum atomic E-state index is 13.9. The van der Waals surface area contributed by atoms with Crippen LogP contribution in [0.4, 0.5) is 0 Å². The molecule has 2 aromatic carbocycles. The molecule has 1 saturated carbocycles. The maximum Gasteiger partial charge on any atom is 0.248 e. The smallest absolute Gasteiger partial charge is 0.248 e. The van der Waals surface area contributed by atoms with Crippen molar-refractivity contribution in [3.63, 3.8) is 0 Å². The van der Waals surface area contributed by atoms with E-state index in [1.165, 1.54) is 6.42 Å². The van der Waals surface area contributed by atoms with E-state index in [4.69, 9.17) is 14.2 Å². The molecule has 2 heterocycles. The molecule has 0 radical (unpaired) electrons. The molecular weight excluding hydrogens is 582 g/mol. The lowest BCUT2D eigenvalue weighted by Crippen LogP contribution is -2.75. The van der Waals surface area contributed by atoms with Crippen molar-refractivity contribution >= 4 is 24.2 Å². The molecule has 5 rings (SSSR count). The van der Waals surface area contributed by atoms with Crippen LogP contribution in [0, 0.1) is 5.92 Å². The van der Waals surface area contributed by atoms with E-state index in [2.05, 4.69) is 29.3 Å². The van der Waals surface area contributed by atoms with Gasteiger partial charge in [0.25, 0.3) is 0 Å². The van der Waals surface area contributed by atoms with Crippen LogP contribution in [0.5, 0.6) is 23.0 Å². The minimum absolute atomic E-state index is 0. The Morgan fingerprint density at radius 3 is 2.27 bits per heavy atom. The minimum Gasteiger partial charge on any atom is -0.497 e. The van der Waals surface area contributed by atoms with Crippen LogP contribution in [-0.2, 0) is 16.1 Å². The van der Waals surface area contributed by atoms with E-state index >= 15 is 0 Å². The number of methoxy groups -OCH3 is 2. The number of ether oxygens (including phenoxy) is 3. The molecule has 10 heteroatoms. The van der Waals surface area contributed by atoms with E-state index in [1.807, 2.05) is 29.2 Å². The molecule has 3 fully saturated rings. The number of nitrogens with zero attached hydrogens (tertiary/aromatic N) is 2. The molecule has 2 aromatic rings. The Kier molecular flexibility index (Phi) is 11.8. The summed E-state index contributed by atoms with van der Waals surface area (Å²) in [6.07, 6.45) is 7.27. The third-order valence-electron chi connectivity index (χ3n) is 9.58. The summed E-state index contributed by atoms with van der Waals surface area (Å²) >= 11 is 0. The summed E-state index contributed by atoms with van der Waals surface area (Å²) in [6.45, 7) is 4.82. The van der Waals surface area contributed by atoms with Crippen LogP contribution in [0.25, 0.3) is 0 Å². The van der Waals surface area contributed by atoms with E-state index in [1.54, 1.807) is 20.3 Å². The molecule has 0 unspecified atom stereocenters. The molecule has 9 nitrogen and oxygen atoms in total. The lowest BCUT2D eigenvalue weighted by molar-refractivity contribution is -0.166. The Morgan fingerprint density at radius 1 is 0.955 bits per heavy atom. The molecule has 0 bridgehead atoms. The number of hydrogen-bond donors (Lipinski definition) is 2. The van der Waals surface area contributed by atoms with Crippen molar-refractivity contribution < 1.29 is 28.9 Å². The molecule has 0 aromatic heterocycles. The van der Waals surface area contributed by atoms with Crippen molar-refractivity contribution in [2.45, 2.75) is 88.9 Å². The normalized spacial score (nSPS) is 21.4. The number of hydrogen-bond acceptors (Lipinski definition) is 7. The van der Waals surface area contributed by atoms with Gasteiger partial charge in [-0.1, -0.05) is 44.7 Å². The SMILES string of the molecule is CCCCN1C(=O)[C@@H]([C@H](O)C2CCCCC2)NC(=O)C12CCN(Cc1ccc(Oc3ccc(OC)cc3OC)cc1)CC2.Cl. The van der Waals surface area contributed by atoms with Gasteiger partial charge in [-0.3, -0.25) is 14.5 Å². The van der Waals surface area contributed by atoms with Crippen molar-refractivity contribution in [2.75, 3.05) is 33.9 Å². The van der Waals surface area contributed by atoms with Crippen molar-refractivity contribution in [3.05, 3.63) is 48.0 Å². The van der Waals surface area contributed by atoms with E-state index in [0.717, 1.165) is 50.6 Å². The highest BCUT2D eigenvalue weighted by molar-refractivity contribution is 6.00. The molecule has 3 aliphatic rings. The fourth-order valence-electron chi connectivity index (χ4n) is 6.94. The number of unbranched alkanes of at least 4 members (excludes halogenated alkanes) is 1. The number of carbonyl (C=O) groups is 2. The zero-order valence-corrected chi connectivity index (χ0v) is 27.1. The number of amides is 2. The summed E-state index contributed by atoms with van der Waals surface area (Å²) in [5, 5.41) is 14.2. The zero-order valence-electron chi connectivity index (χ0n) is 26.3. The monoisotopic (exact) mass is 629 g/mol. The summed E-state index contributed by atoms with van der Waals surface area (Å²) in [6, 6.07) is 12.6. The number of benzene rings is 2. The van der Waals surface area contributed by atoms with Gasteiger partial charge in [0.2, 0.25) is 11.8 Å². The highest BCUT2D eigenvalue weighted by Gasteiger charge is 2.55. The van der Waals surface area contributed by atoms with Crippen molar-refractivity contribution in [3.8, 4) is 23.0 Å². The Morgan fingerprint density at radius 2 is 1.64 bits per heavy atom. The lowest BCUT2D eigenvalue weighted by Gasteiger charge is -2.52. The molecular formula is C34H48ClN3O6. The number of halogens is 1. The Labute approximate surface area is 267 Å². The van der Waals surface area contributed by atoms with Crippen LogP contribution in [0.15, 0.2) is 42.5 Å². The molecule has 1 aliphatic carbocycles. The van der Waals surface area contributed by atoms with Gasteiger partial charge in [0, 0.05) is 32.2 Å². The molecule has 242 valence electrons. The average Bonchev–Trinajstić information content (AvgIpc) is 3.05. The van der Waals surface area contributed by atoms with Gasteiger partial charge < -0.3 is 29.5 Å². The number of nitrogens with one attached hydrogen (secondary N) is 1. The van der Waals surface area contributed by atoms with Crippen molar-refractivity contribution in [1.29, 1.82) is 0 Å². The number of likely N-dealkylation sites (tertiary alicyclic amines) is 1. The molecule has 2 N–H and O–H groups in total. The summed E-state index contributed by atoms with van der Waals surface area (Å²) < 4.78 is 16.8. The molecule has 2 atom stereocenters. The van der Waals surface area contributed by atoms with Crippen LogP contribution in [0.2, 0.25) is 0 Å². The second kappa shape index (κ2) is 15.3. The first-order valence-corrected chi connectivity index (χ1v) is 15.9. The quantitative estimate of drug-likeness (QED) is 0.347. The lowest BCUT2D eigenvalue weighted by atomic mass is 9.78. The van der Waals surface area contributed by atoms with Gasteiger partial charge in [-0.25, -0.2) is 0 Å². The summed E-state index contributed by atoms with van der Waals surface area (Å²) in [4.78, 5) is 31.8. The van der Waals surface area contributed by atoms with Gasteiger partial charge in [0.1, 0.15) is 23.1 Å². The van der Waals surface area contributed by atoms with Gasteiger partial charge >= 0.3 is 0 Å². The predicted molar refractivity (Wildman–Crippen MR) is 172 cm³/mol. The third-order valence-corrected chi connectivity index (χ3v) is 9.58. The summed E-state index contributed by atoms with van der Waals surface area (Å²) in [5.41, 5.74) is 0.299. The van der Waals surface area contributed by atoms with Crippen LogP contribution >= 0.6 is 12.4 Å². The van der Waals surface area contributed by atoms with Crippen LogP contribution in [0.3, 0.4) is 0 Å². The van der Waals surface area contributed by atoms with E-state index in [-0.39, 0.29) is 30.1 Å². The van der Waals surface area contributed by atoms with Crippen molar-refractivity contribution in [2.24, 2.45) is 5.92 Å². The fraction of sp³-hybridized carbons (Fsp3) is 0.588. The highest BCUT2D eigenvalue weighted by atomic mass is 35.5. The number of aliphatic hydroxyl groups is 1. The molecule has 44 heavy (non-hydrogen) atoms. The third kappa shape index (κ3) is 7.27. The minimum atomic E-state index is -0.847. The predicted octanol–water partition coefficient (Wildman–Crippen LogP) is 5.32. The zero-order chi connectivity index (χ0) is 30.4. The van der Waals surface area contributed by atoms with E-state index in [9.17, 15) is 14.7 Å². The average molecular weight is 630 g/mol. The Bertz CT molecular complexity index is 1240. The van der Waals surface area contributed by atoms with Gasteiger partial charge in [-0.05, 0) is 67.9 Å². The van der Waals surface area contributed by atoms with Gasteiger partial charge in [-0.15, -0.1) is 12.4 Å². The highest BCUT2D eigenvalue weighted by Crippen LogP contribution is 2.37. The Hall–Kier alpha value is -3.01. The number of rotatable bonds is 11. The number of aliphatic hydroxyl groups excluding tert-OH is 1. The standard InChI is InChI=1S/C34H47N3O6.ClH/c1-4-5-19-37-32(39)30(31(38)25-9-7-6-8-10-25)35-33(40)34(37)17-20-36(21-18-34)23-24-11-13-26(14-12-24)43-28-16-15-27(41-2)22-29(28)42-3;/h11-16,22,25,30-31,38H,4-10,17-21,23H2,1-3H3,(H,35,40);1H/t30-,31-;/m1./s1.